The summed E-state index contributed by atoms with van der Waals surface area (Å²) in [5, 5.41) is 3.55. The molecule has 3 heteroatoms. The zero-order chi connectivity index (χ0) is 12.1. The van der Waals surface area contributed by atoms with E-state index < -0.39 is 0 Å². The minimum Gasteiger partial charge on any atom is -0.377 e. The molecule has 1 aliphatic carbocycles. The summed E-state index contributed by atoms with van der Waals surface area (Å²) < 4.78 is 5.48. The Kier molecular flexibility index (Phi) is 4.54. The monoisotopic (exact) mass is 234 g/mol. The van der Waals surface area contributed by atoms with Gasteiger partial charge in [0.1, 0.15) is 0 Å². The van der Waals surface area contributed by atoms with Crippen LogP contribution in [0.4, 0.5) is 0 Å². The van der Waals surface area contributed by atoms with Crippen LogP contribution in [0.15, 0.2) is 24.3 Å². The minimum absolute atomic E-state index is 0.408. The van der Waals surface area contributed by atoms with Crippen molar-refractivity contribution in [3.63, 3.8) is 0 Å². The van der Waals surface area contributed by atoms with Gasteiger partial charge in [-0.05, 0) is 30.9 Å². The van der Waals surface area contributed by atoms with Gasteiger partial charge < -0.3 is 15.8 Å². The average molecular weight is 234 g/mol. The van der Waals surface area contributed by atoms with Gasteiger partial charge in [-0.3, -0.25) is 0 Å². The molecule has 1 fully saturated rings. The van der Waals surface area contributed by atoms with Crippen LogP contribution in [0.2, 0.25) is 0 Å². The van der Waals surface area contributed by atoms with E-state index in [2.05, 4.69) is 29.6 Å². The SMILES string of the molecule is CCOCc1ccccc1CNC1CC(N)C1. The van der Waals surface area contributed by atoms with E-state index in [1.54, 1.807) is 0 Å². The van der Waals surface area contributed by atoms with Crippen LogP contribution in [0, 0.1) is 0 Å². The first kappa shape index (κ1) is 12.6. The number of rotatable bonds is 6. The largest absolute Gasteiger partial charge is 0.377 e. The van der Waals surface area contributed by atoms with E-state index in [1.165, 1.54) is 11.1 Å². The zero-order valence-electron chi connectivity index (χ0n) is 10.5. The van der Waals surface area contributed by atoms with E-state index in [9.17, 15) is 0 Å². The molecule has 0 aromatic heterocycles. The highest BCUT2D eigenvalue weighted by Gasteiger charge is 2.24. The molecule has 1 aromatic rings. The van der Waals surface area contributed by atoms with Crippen LogP contribution in [0.3, 0.4) is 0 Å². The van der Waals surface area contributed by atoms with Gasteiger partial charge in [-0.1, -0.05) is 24.3 Å². The average Bonchev–Trinajstić information content (AvgIpc) is 2.31. The molecular formula is C14H22N2O. The van der Waals surface area contributed by atoms with E-state index >= 15 is 0 Å². The standard InChI is InChI=1S/C14H22N2O/c1-2-17-10-12-6-4-3-5-11(12)9-16-14-7-13(15)8-14/h3-6,13-14,16H,2,7-10,15H2,1H3. The van der Waals surface area contributed by atoms with Gasteiger partial charge in [-0.15, -0.1) is 0 Å². The quantitative estimate of drug-likeness (QED) is 0.789. The Balaban J connectivity index is 1.85. The summed E-state index contributed by atoms with van der Waals surface area (Å²) in [5.41, 5.74) is 8.39. The van der Waals surface area contributed by atoms with Crippen molar-refractivity contribution < 1.29 is 4.74 Å². The Morgan fingerprint density at radius 1 is 1.29 bits per heavy atom. The van der Waals surface area contributed by atoms with Crippen LogP contribution in [0.1, 0.15) is 30.9 Å². The van der Waals surface area contributed by atoms with Gasteiger partial charge in [-0.2, -0.15) is 0 Å². The minimum atomic E-state index is 0.408. The molecule has 0 saturated heterocycles. The number of hydrogen-bond donors (Lipinski definition) is 2. The maximum Gasteiger partial charge on any atom is 0.0719 e. The summed E-state index contributed by atoms with van der Waals surface area (Å²) in [4.78, 5) is 0. The molecule has 0 heterocycles. The Morgan fingerprint density at radius 3 is 2.65 bits per heavy atom. The Morgan fingerprint density at radius 2 is 2.00 bits per heavy atom. The molecular weight excluding hydrogens is 212 g/mol. The van der Waals surface area contributed by atoms with Crippen LogP contribution in [0.25, 0.3) is 0 Å². The summed E-state index contributed by atoms with van der Waals surface area (Å²) in [6.07, 6.45) is 2.21. The van der Waals surface area contributed by atoms with E-state index in [-0.39, 0.29) is 0 Å². The fraction of sp³-hybridized carbons (Fsp3) is 0.571. The van der Waals surface area contributed by atoms with Gasteiger partial charge in [0.25, 0.3) is 0 Å². The van der Waals surface area contributed by atoms with Crippen LogP contribution in [-0.4, -0.2) is 18.7 Å². The van der Waals surface area contributed by atoms with Crippen molar-refractivity contribution in [1.29, 1.82) is 0 Å². The fourth-order valence-corrected chi connectivity index (χ4v) is 2.17. The summed E-state index contributed by atoms with van der Waals surface area (Å²) in [5.74, 6) is 0. The summed E-state index contributed by atoms with van der Waals surface area (Å²) in [7, 11) is 0. The predicted octanol–water partition coefficient (Wildman–Crippen LogP) is 1.80. The van der Waals surface area contributed by atoms with Crippen LogP contribution in [0.5, 0.6) is 0 Å². The lowest BCUT2D eigenvalue weighted by Crippen LogP contribution is -2.48. The molecule has 0 radical (unpaired) electrons. The van der Waals surface area contributed by atoms with Gasteiger partial charge in [0.2, 0.25) is 0 Å². The predicted molar refractivity (Wildman–Crippen MR) is 69.6 cm³/mol. The third-order valence-electron chi connectivity index (χ3n) is 3.34. The lowest BCUT2D eigenvalue weighted by Gasteiger charge is -2.33. The summed E-state index contributed by atoms with van der Waals surface area (Å²) in [6.45, 7) is 4.41. The molecule has 0 spiro atoms. The Labute approximate surface area is 103 Å². The van der Waals surface area contributed by atoms with Gasteiger partial charge in [0, 0.05) is 25.2 Å². The third-order valence-corrected chi connectivity index (χ3v) is 3.34. The molecule has 1 saturated carbocycles. The van der Waals surface area contributed by atoms with Gasteiger partial charge in [-0.25, -0.2) is 0 Å². The first-order valence-electron chi connectivity index (χ1n) is 6.43. The second-order valence-electron chi connectivity index (χ2n) is 4.72. The van der Waals surface area contributed by atoms with Crippen molar-refractivity contribution in [2.75, 3.05) is 6.61 Å². The van der Waals surface area contributed by atoms with Crippen molar-refractivity contribution in [2.45, 2.75) is 45.0 Å². The highest BCUT2D eigenvalue weighted by molar-refractivity contribution is 5.26. The topological polar surface area (TPSA) is 47.3 Å². The number of hydrogen-bond acceptors (Lipinski definition) is 3. The third kappa shape index (κ3) is 3.53. The van der Waals surface area contributed by atoms with Crippen molar-refractivity contribution in [3.8, 4) is 0 Å². The number of nitrogens with two attached hydrogens (primary N) is 1. The van der Waals surface area contributed by atoms with Gasteiger partial charge >= 0.3 is 0 Å². The Bertz CT molecular complexity index is 348. The Hall–Kier alpha value is -0.900. The number of benzene rings is 1. The lowest BCUT2D eigenvalue weighted by molar-refractivity contribution is 0.133. The van der Waals surface area contributed by atoms with E-state index in [4.69, 9.17) is 10.5 Å². The molecule has 0 amide bonds. The number of nitrogens with one attached hydrogen (secondary N) is 1. The molecule has 0 bridgehead atoms. The molecule has 94 valence electrons. The van der Waals surface area contributed by atoms with Crippen molar-refractivity contribution in [1.82, 2.24) is 5.32 Å². The molecule has 0 atom stereocenters. The first-order valence-corrected chi connectivity index (χ1v) is 6.43. The van der Waals surface area contributed by atoms with Gasteiger partial charge in [0.05, 0.1) is 6.61 Å². The molecule has 17 heavy (non-hydrogen) atoms. The highest BCUT2D eigenvalue weighted by atomic mass is 16.5. The first-order chi connectivity index (χ1) is 8.29. The summed E-state index contributed by atoms with van der Waals surface area (Å²) >= 11 is 0. The second-order valence-corrected chi connectivity index (χ2v) is 4.72. The number of ether oxygens (including phenoxy) is 1. The molecule has 1 aliphatic rings. The molecule has 3 N–H and O–H groups in total. The van der Waals surface area contributed by atoms with E-state index in [1.807, 2.05) is 6.92 Å². The van der Waals surface area contributed by atoms with E-state index in [0.717, 1.165) is 26.0 Å². The van der Waals surface area contributed by atoms with E-state index in [0.29, 0.717) is 18.7 Å². The fourth-order valence-electron chi connectivity index (χ4n) is 2.17. The smallest absolute Gasteiger partial charge is 0.0719 e. The zero-order valence-corrected chi connectivity index (χ0v) is 10.5. The normalized spacial score (nSPS) is 23.4. The molecule has 2 rings (SSSR count). The second kappa shape index (κ2) is 6.15. The van der Waals surface area contributed by atoms with Gasteiger partial charge in [0.15, 0.2) is 0 Å². The van der Waals surface area contributed by atoms with Crippen molar-refractivity contribution in [3.05, 3.63) is 35.4 Å². The van der Waals surface area contributed by atoms with Crippen LogP contribution >= 0.6 is 0 Å². The maximum absolute atomic E-state index is 5.77. The van der Waals surface area contributed by atoms with Crippen LogP contribution in [-0.2, 0) is 17.9 Å². The molecule has 1 aromatic carbocycles. The lowest BCUT2D eigenvalue weighted by atomic mass is 9.87. The van der Waals surface area contributed by atoms with Crippen LogP contribution < -0.4 is 11.1 Å². The summed E-state index contributed by atoms with van der Waals surface area (Å²) in [6, 6.07) is 9.46. The van der Waals surface area contributed by atoms with Crippen molar-refractivity contribution in [2.24, 2.45) is 5.73 Å². The van der Waals surface area contributed by atoms with Crippen molar-refractivity contribution >= 4 is 0 Å². The molecule has 3 nitrogen and oxygen atoms in total. The molecule has 0 unspecified atom stereocenters. The molecule has 0 aliphatic heterocycles. The maximum atomic E-state index is 5.77. The highest BCUT2D eigenvalue weighted by Crippen LogP contribution is 2.18.